The van der Waals surface area contributed by atoms with Crippen LogP contribution in [0.15, 0.2) is 109 Å². The number of hydrogen-bond donors (Lipinski definition) is 3. The minimum Gasteiger partial charge on any atom is -0.462 e. The van der Waals surface area contributed by atoms with Gasteiger partial charge in [0.2, 0.25) is 0 Å². The molecule has 106 heavy (non-hydrogen) atoms. The van der Waals surface area contributed by atoms with E-state index in [0.29, 0.717) is 25.7 Å². The monoisotopic (exact) mass is 1530 g/mol. The summed E-state index contributed by atoms with van der Waals surface area (Å²) in [6, 6.07) is 0. The molecule has 0 amide bonds. The van der Waals surface area contributed by atoms with E-state index in [-0.39, 0.29) is 25.7 Å². The Morgan fingerprint density at radius 3 is 0.764 bits per heavy atom. The molecule has 19 heteroatoms. The number of phosphoric acid groups is 2. The van der Waals surface area contributed by atoms with Gasteiger partial charge in [0, 0.05) is 25.7 Å². The van der Waals surface area contributed by atoms with Crippen molar-refractivity contribution in [2.24, 2.45) is 0 Å². The Balaban J connectivity index is 5.35. The molecular formula is C87H152O17P2. The fourth-order valence-corrected chi connectivity index (χ4v) is 13.0. The maximum atomic E-state index is 13.1. The van der Waals surface area contributed by atoms with Gasteiger partial charge in [0.05, 0.1) is 26.4 Å². The molecule has 5 unspecified atom stereocenters. The van der Waals surface area contributed by atoms with Crippen molar-refractivity contribution in [2.75, 3.05) is 39.6 Å². The molecule has 612 valence electrons. The molecule has 17 nitrogen and oxygen atoms in total. The lowest BCUT2D eigenvalue weighted by Crippen LogP contribution is -2.30. The van der Waals surface area contributed by atoms with Crippen LogP contribution in [0.25, 0.3) is 0 Å². The van der Waals surface area contributed by atoms with Crippen LogP contribution in [0, 0.1) is 0 Å². The van der Waals surface area contributed by atoms with Gasteiger partial charge in [-0.25, -0.2) is 9.13 Å². The Labute approximate surface area is 645 Å². The largest absolute Gasteiger partial charge is 0.472 e. The molecule has 0 aromatic heterocycles. The predicted molar refractivity (Wildman–Crippen MR) is 436 cm³/mol. The Hall–Kier alpha value is -4.28. The molecule has 0 aliphatic carbocycles. The summed E-state index contributed by atoms with van der Waals surface area (Å²) in [4.78, 5) is 73.2. The third kappa shape index (κ3) is 77.9. The van der Waals surface area contributed by atoms with E-state index in [1.54, 1.807) is 0 Å². The van der Waals surface area contributed by atoms with Gasteiger partial charge in [0.25, 0.3) is 0 Å². The number of carbonyl (C=O) groups is 4. The quantitative estimate of drug-likeness (QED) is 0.0169. The standard InChI is InChI=1S/C87H152O17P2/c1-5-9-13-17-21-25-29-33-36-38-40-42-45-48-51-55-59-63-67-71-84(89)97-77-82(103-86(91)73-69-65-61-57-53-47-32-28-24-20-16-12-8-4)79-101-105(93,94)99-75-81(88)76-100-106(95,96)102-80-83(104-87(92)74-70-66-62-58-54-50-44-35-31-27-23-19-15-11-7-3)78-98-85(90)72-68-64-60-56-52-49-46-43-41-39-37-34-30-26-22-18-14-10-6-2/h9-10,13-14,21-22,25-26,33-37,40-44,81-83,88H,5-8,11-12,15-20,23-24,27-32,38-39,45-80H2,1-4H3,(H,93,94)(H,95,96)/b13-9-,14-10-,25-21-,26-22-,36-33-,37-34-,42-40-,43-41-,44-35-. The van der Waals surface area contributed by atoms with E-state index in [4.69, 9.17) is 37.0 Å². The first kappa shape index (κ1) is 102. The first-order valence-corrected chi connectivity index (χ1v) is 45.1. The van der Waals surface area contributed by atoms with Crippen molar-refractivity contribution in [1.82, 2.24) is 0 Å². The van der Waals surface area contributed by atoms with Crippen LogP contribution in [0.5, 0.6) is 0 Å². The highest BCUT2D eigenvalue weighted by Gasteiger charge is 2.30. The number of unbranched alkanes of at least 4 members (excludes halogenated alkanes) is 35. The zero-order valence-corrected chi connectivity index (χ0v) is 68.9. The van der Waals surface area contributed by atoms with Gasteiger partial charge in [-0.1, -0.05) is 317 Å². The summed E-state index contributed by atoms with van der Waals surface area (Å²) < 4.78 is 68.8. The smallest absolute Gasteiger partial charge is 0.462 e. The molecule has 0 saturated heterocycles. The molecule has 3 N–H and O–H groups in total. The maximum Gasteiger partial charge on any atom is 0.472 e. The van der Waals surface area contributed by atoms with Crippen LogP contribution < -0.4 is 0 Å². The summed E-state index contributed by atoms with van der Waals surface area (Å²) in [5.41, 5.74) is 0. The van der Waals surface area contributed by atoms with Crippen LogP contribution in [0.2, 0.25) is 0 Å². The van der Waals surface area contributed by atoms with Gasteiger partial charge in [0.15, 0.2) is 12.2 Å². The summed E-state index contributed by atoms with van der Waals surface area (Å²) >= 11 is 0. The number of aliphatic hydroxyl groups is 1. The van der Waals surface area contributed by atoms with Gasteiger partial charge >= 0.3 is 39.5 Å². The number of hydrogen-bond acceptors (Lipinski definition) is 15. The van der Waals surface area contributed by atoms with Crippen molar-refractivity contribution < 1.29 is 80.2 Å². The molecule has 0 heterocycles. The number of phosphoric ester groups is 2. The number of aliphatic hydroxyl groups excluding tert-OH is 1. The fraction of sp³-hybridized carbons (Fsp3) is 0.747. The molecule has 0 aliphatic heterocycles. The number of rotatable bonds is 79. The lowest BCUT2D eigenvalue weighted by Gasteiger charge is -2.21. The second-order valence-corrected chi connectivity index (χ2v) is 30.9. The van der Waals surface area contributed by atoms with Crippen LogP contribution in [-0.2, 0) is 65.4 Å². The first-order valence-electron chi connectivity index (χ1n) is 42.1. The number of allylic oxidation sites excluding steroid dienone is 18. The Morgan fingerprint density at radius 2 is 0.491 bits per heavy atom. The van der Waals surface area contributed by atoms with E-state index < -0.39 is 97.5 Å². The van der Waals surface area contributed by atoms with E-state index in [1.807, 2.05) is 0 Å². The fourth-order valence-electron chi connectivity index (χ4n) is 11.4. The lowest BCUT2D eigenvalue weighted by molar-refractivity contribution is -0.161. The zero-order valence-electron chi connectivity index (χ0n) is 67.1. The highest BCUT2D eigenvalue weighted by atomic mass is 31.2. The molecule has 0 bridgehead atoms. The van der Waals surface area contributed by atoms with Crippen molar-refractivity contribution in [3.8, 4) is 0 Å². The molecule has 0 aliphatic rings. The summed E-state index contributed by atoms with van der Waals surface area (Å²) in [5, 5.41) is 10.7. The molecule has 0 radical (unpaired) electrons. The summed E-state index contributed by atoms with van der Waals surface area (Å²) in [5.74, 6) is -2.19. The highest BCUT2D eigenvalue weighted by Crippen LogP contribution is 2.45. The normalized spacial score (nSPS) is 14.4. The van der Waals surface area contributed by atoms with E-state index in [1.165, 1.54) is 89.9 Å². The number of ether oxygens (including phenoxy) is 4. The van der Waals surface area contributed by atoms with Gasteiger partial charge in [-0.15, -0.1) is 0 Å². The van der Waals surface area contributed by atoms with E-state index in [2.05, 4.69) is 137 Å². The molecule has 0 fully saturated rings. The van der Waals surface area contributed by atoms with Crippen molar-refractivity contribution >= 4 is 39.5 Å². The van der Waals surface area contributed by atoms with Crippen LogP contribution >= 0.6 is 15.6 Å². The molecule has 0 saturated carbocycles. The summed E-state index contributed by atoms with van der Waals surface area (Å²) in [7, 11) is -9.97. The Bertz CT molecular complexity index is 2430. The average molecular weight is 1530 g/mol. The van der Waals surface area contributed by atoms with Gasteiger partial charge in [-0.2, -0.15) is 0 Å². The summed E-state index contributed by atoms with van der Waals surface area (Å²) in [6.07, 6.45) is 86.2. The topological polar surface area (TPSA) is 237 Å². The van der Waals surface area contributed by atoms with E-state index in [9.17, 15) is 43.2 Å². The molecule has 0 aromatic carbocycles. The highest BCUT2D eigenvalue weighted by molar-refractivity contribution is 7.47. The minimum absolute atomic E-state index is 0.0820. The van der Waals surface area contributed by atoms with Crippen LogP contribution in [0.4, 0.5) is 0 Å². The molecule has 5 atom stereocenters. The second kappa shape index (κ2) is 78.8. The van der Waals surface area contributed by atoms with Crippen molar-refractivity contribution in [2.45, 2.75) is 380 Å². The zero-order chi connectivity index (χ0) is 77.4. The Kier molecular flexibility index (Phi) is 75.6. The van der Waals surface area contributed by atoms with Crippen molar-refractivity contribution in [1.29, 1.82) is 0 Å². The van der Waals surface area contributed by atoms with Gasteiger partial charge in [-0.3, -0.25) is 37.3 Å². The third-order valence-corrected chi connectivity index (χ3v) is 19.6. The van der Waals surface area contributed by atoms with Crippen molar-refractivity contribution in [3.63, 3.8) is 0 Å². The molecular weight excluding hydrogens is 1380 g/mol. The maximum absolute atomic E-state index is 13.1. The summed E-state index contributed by atoms with van der Waals surface area (Å²) in [6.45, 7) is 4.66. The average Bonchev–Trinajstić information content (AvgIpc) is 0.933. The van der Waals surface area contributed by atoms with Crippen molar-refractivity contribution in [3.05, 3.63) is 109 Å². The first-order chi connectivity index (χ1) is 51.7. The minimum atomic E-state index is -4.98. The Morgan fingerprint density at radius 1 is 0.274 bits per heavy atom. The SMILES string of the molecule is CC/C=C\C/C=C\C/C=C\C/C=C\CCCCCCCCC(=O)OCC(COP(=O)(O)OCC(O)COP(=O)(O)OCC(COC(=O)CCCCCCCC/C=C\C/C=C\C/C=C\C/C=C\CC)OC(=O)CCCCCCCCCCCCCCC)OC(=O)CCCCCCC/C=C\CCCCCCCC. The predicted octanol–water partition coefficient (Wildman–Crippen LogP) is 24.9. The number of esters is 4. The van der Waals surface area contributed by atoms with Crippen LogP contribution in [0.3, 0.4) is 0 Å². The second-order valence-electron chi connectivity index (χ2n) is 28.0. The van der Waals surface area contributed by atoms with E-state index in [0.717, 1.165) is 193 Å². The molecule has 0 rings (SSSR count). The molecule has 0 aromatic rings. The lowest BCUT2D eigenvalue weighted by atomic mass is 10.0. The van der Waals surface area contributed by atoms with Crippen LogP contribution in [-0.4, -0.2) is 96.7 Å². The van der Waals surface area contributed by atoms with Gasteiger partial charge in [0.1, 0.15) is 19.3 Å². The van der Waals surface area contributed by atoms with Crippen LogP contribution in [0.1, 0.15) is 362 Å². The third-order valence-electron chi connectivity index (χ3n) is 17.7. The van der Waals surface area contributed by atoms with E-state index >= 15 is 0 Å². The molecule has 0 spiro atoms. The van der Waals surface area contributed by atoms with Gasteiger partial charge < -0.3 is 33.8 Å². The van der Waals surface area contributed by atoms with Gasteiger partial charge in [-0.05, 0) is 128 Å². The number of carbonyl (C=O) groups excluding carboxylic acids is 4.